The number of nitrogens with zero attached hydrogens (tertiary/aromatic N) is 2. The summed E-state index contributed by atoms with van der Waals surface area (Å²) < 4.78 is 4.34. The third-order valence-electron chi connectivity index (χ3n) is 2.90. The van der Waals surface area contributed by atoms with E-state index in [2.05, 4.69) is 9.69 Å². The molecule has 0 aliphatic heterocycles. The van der Waals surface area contributed by atoms with Crippen molar-refractivity contribution in [3.8, 4) is 0 Å². The molecule has 2 aromatic rings. The number of fused-ring (bicyclic) bond motifs is 1. The molecule has 5 heteroatoms. The van der Waals surface area contributed by atoms with Crippen LogP contribution >= 0.6 is 11.5 Å². The Bertz CT molecular complexity index is 534. The summed E-state index contributed by atoms with van der Waals surface area (Å²) in [4.78, 5) is 13.7. The lowest BCUT2D eigenvalue weighted by Crippen LogP contribution is -2.35. The van der Waals surface area contributed by atoms with E-state index in [1.165, 1.54) is 11.5 Å². The molecule has 0 radical (unpaired) electrons. The zero-order valence-corrected chi connectivity index (χ0v) is 11.5. The zero-order chi connectivity index (χ0) is 13.0. The second-order valence-electron chi connectivity index (χ2n) is 3.95. The van der Waals surface area contributed by atoms with Gasteiger partial charge in [0.15, 0.2) is 0 Å². The monoisotopic (exact) mass is 263 g/mol. The third kappa shape index (κ3) is 2.61. The quantitative estimate of drug-likeness (QED) is 0.901. The molecular formula is C13H17N3OS. The standard InChI is InChI=1S/C13H17N3OS/c1-3-16(4-2)12(17)9-14-13-10-7-5-6-8-11(10)15-18-13/h5-8,14H,3-4,9H2,1-2H3. The number of benzene rings is 1. The summed E-state index contributed by atoms with van der Waals surface area (Å²) >= 11 is 1.40. The SMILES string of the molecule is CCN(CC)C(=O)CNc1snc2ccccc12. The number of carbonyl (C=O) groups excluding carboxylic acids is 1. The van der Waals surface area contributed by atoms with Crippen LogP contribution in [-0.2, 0) is 4.79 Å². The lowest BCUT2D eigenvalue weighted by Gasteiger charge is -2.18. The van der Waals surface area contributed by atoms with Crippen molar-refractivity contribution in [2.24, 2.45) is 0 Å². The van der Waals surface area contributed by atoms with E-state index in [0.717, 1.165) is 29.0 Å². The molecule has 0 spiro atoms. The Hall–Kier alpha value is -1.62. The van der Waals surface area contributed by atoms with E-state index in [4.69, 9.17) is 0 Å². The average molecular weight is 263 g/mol. The van der Waals surface area contributed by atoms with Crippen molar-refractivity contribution >= 4 is 33.3 Å². The van der Waals surface area contributed by atoms with Gasteiger partial charge in [0, 0.05) is 18.5 Å². The van der Waals surface area contributed by atoms with Gasteiger partial charge in [-0.25, -0.2) is 0 Å². The van der Waals surface area contributed by atoms with E-state index >= 15 is 0 Å². The minimum Gasteiger partial charge on any atom is -0.366 e. The second kappa shape index (κ2) is 5.82. The van der Waals surface area contributed by atoms with Gasteiger partial charge in [-0.1, -0.05) is 12.1 Å². The highest BCUT2D eigenvalue weighted by atomic mass is 32.1. The molecule has 0 atom stereocenters. The fourth-order valence-corrected chi connectivity index (χ4v) is 2.62. The van der Waals surface area contributed by atoms with Crippen LogP contribution in [0.5, 0.6) is 0 Å². The van der Waals surface area contributed by atoms with Gasteiger partial charge in [0.2, 0.25) is 5.91 Å². The number of carbonyl (C=O) groups is 1. The predicted octanol–water partition coefficient (Wildman–Crippen LogP) is 2.58. The largest absolute Gasteiger partial charge is 0.366 e. The smallest absolute Gasteiger partial charge is 0.241 e. The highest BCUT2D eigenvalue weighted by molar-refractivity contribution is 7.11. The molecule has 1 aromatic heterocycles. The average Bonchev–Trinajstić information content (AvgIpc) is 2.81. The molecule has 0 bridgehead atoms. The molecule has 18 heavy (non-hydrogen) atoms. The topological polar surface area (TPSA) is 45.2 Å². The minimum atomic E-state index is 0.123. The summed E-state index contributed by atoms with van der Waals surface area (Å²) in [7, 11) is 0. The Morgan fingerprint density at radius 3 is 2.78 bits per heavy atom. The summed E-state index contributed by atoms with van der Waals surface area (Å²) in [6.07, 6.45) is 0. The fraction of sp³-hybridized carbons (Fsp3) is 0.385. The first kappa shape index (κ1) is 12.8. The van der Waals surface area contributed by atoms with Crippen LogP contribution in [0, 0.1) is 0 Å². The van der Waals surface area contributed by atoms with Crippen LogP contribution < -0.4 is 5.32 Å². The first-order chi connectivity index (χ1) is 8.76. The number of hydrogen-bond donors (Lipinski definition) is 1. The number of hydrogen-bond acceptors (Lipinski definition) is 4. The summed E-state index contributed by atoms with van der Waals surface area (Å²) in [5, 5.41) is 5.22. The zero-order valence-electron chi connectivity index (χ0n) is 10.6. The first-order valence-corrected chi connectivity index (χ1v) is 6.89. The van der Waals surface area contributed by atoms with E-state index in [1.807, 2.05) is 43.0 Å². The van der Waals surface area contributed by atoms with E-state index in [0.29, 0.717) is 6.54 Å². The fourth-order valence-electron chi connectivity index (χ4n) is 1.86. The van der Waals surface area contributed by atoms with Gasteiger partial charge < -0.3 is 10.2 Å². The van der Waals surface area contributed by atoms with Crippen LogP contribution in [0.15, 0.2) is 24.3 Å². The maximum Gasteiger partial charge on any atom is 0.241 e. The Balaban J connectivity index is 2.04. The number of aromatic nitrogens is 1. The van der Waals surface area contributed by atoms with Crippen molar-refractivity contribution in [2.45, 2.75) is 13.8 Å². The molecule has 0 aliphatic carbocycles. The van der Waals surface area contributed by atoms with Gasteiger partial charge in [0.05, 0.1) is 12.1 Å². The molecule has 0 saturated carbocycles. The van der Waals surface area contributed by atoms with Crippen LogP contribution in [0.4, 0.5) is 5.00 Å². The number of anilines is 1. The lowest BCUT2D eigenvalue weighted by atomic mass is 10.2. The minimum absolute atomic E-state index is 0.123. The number of nitrogens with one attached hydrogen (secondary N) is 1. The Morgan fingerprint density at radius 1 is 1.33 bits per heavy atom. The van der Waals surface area contributed by atoms with Crippen molar-refractivity contribution in [1.82, 2.24) is 9.27 Å². The van der Waals surface area contributed by atoms with E-state index in [-0.39, 0.29) is 5.91 Å². The van der Waals surface area contributed by atoms with Crippen LogP contribution in [0.25, 0.3) is 10.9 Å². The molecule has 4 nitrogen and oxygen atoms in total. The van der Waals surface area contributed by atoms with Gasteiger partial charge in [0.25, 0.3) is 0 Å². The molecule has 2 rings (SSSR count). The maximum absolute atomic E-state index is 11.9. The molecule has 1 aromatic carbocycles. The predicted molar refractivity (Wildman–Crippen MR) is 76.0 cm³/mol. The number of amides is 1. The molecule has 1 amide bonds. The lowest BCUT2D eigenvalue weighted by molar-refractivity contribution is -0.128. The van der Waals surface area contributed by atoms with Gasteiger partial charge in [-0.2, -0.15) is 4.37 Å². The van der Waals surface area contributed by atoms with Crippen molar-refractivity contribution in [3.63, 3.8) is 0 Å². The van der Waals surface area contributed by atoms with Crippen molar-refractivity contribution in [1.29, 1.82) is 0 Å². The van der Waals surface area contributed by atoms with Gasteiger partial charge in [-0.3, -0.25) is 4.79 Å². The van der Waals surface area contributed by atoms with Crippen LogP contribution in [0.1, 0.15) is 13.8 Å². The molecule has 96 valence electrons. The molecule has 1 N–H and O–H groups in total. The molecule has 1 heterocycles. The molecule has 0 saturated heterocycles. The second-order valence-corrected chi connectivity index (χ2v) is 4.72. The van der Waals surface area contributed by atoms with Gasteiger partial charge in [-0.05, 0) is 37.5 Å². The molecular weight excluding hydrogens is 246 g/mol. The Morgan fingerprint density at radius 2 is 2.06 bits per heavy atom. The normalized spacial score (nSPS) is 10.6. The van der Waals surface area contributed by atoms with Crippen molar-refractivity contribution in [2.75, 3.05) is 25.0 Å². The van der Waals surface area contributed by atoms with Crippen LogP contribution in [0.3, 0.4) is 0 Å². The van der Waals surface area contributed by atoms with Crippen LogP contribution in [-0.4, -0.2) is 34.8 Å². The highest BCUT2D eigenvalue weighted by Crippen LogP contribution is 2.26. The number of likely N-dealkylation sites (N-methyl/N-ethyl adjacent to an activating group) is 1. The van der Waals surface area contributed by atoms with E-state index in [1.54, 1.807) is 0 Å². The summed E-state index contributed by atoms with van der Waals surface area (Å²) in [6, 6.07) is 7.94. The third-order valence-corrected chi connectivity index (χ3v) is 3.74. The summed E-state index contributed by atoms with van der Waals surface area (Å²) in [6.45, 7) is 5.81. The van der Waals surface area contributed by atoms with Crippen LogP contribution in [0.2, 0.25) is 0 Å². The maximum atomic E-state index is 11.9. The Kier molecular flexibility index (Phi) is 4.15. The van der Waals surface area contributed by atoms with Gasteiger partial charge in [-0.15, -0.1) is 0 Å². The van der Waals surface area contributed by atoms with E-state index < -0.39 is 0 Å². The van der Waals surface area contributed by atoms with E-state index in [9.17, 15) is 4.79 Å². The highest BCUT2D eigenvalue weighted by Gasteiger charge is 2.11. The van der Waals surface area contributed by atoms with Crippen molar-refractivity contribution < 1.29 is 4.79 Å². The molecule has 0 fully saturated rings. The van der Waals surface area contributed by atoms with Crippen molar-refractivity contribution in [3.05, 3.63) is 24.3 Å². The van der Waals surface area contributed by atoms with Gasteiger partial charge in [0.1, 0.15) is 5.00 Å². The Labute approximate surface area is 111 Å². The van der Waals surface area contributed by atoms with Gasteiger partial charge >= 0.3 is 0 Å². The number of rotatable bonds is 5. The molecule has 0 aliphatic rings. The molecule has 0 unspecified atom stereocenters. The summed E-state index contributed by atoms with van der Waals surface area (Å²) in [5.74, 6) is 0.123. The summed E-state index contributed by atoms with van der Waals surface area (Å²) in [5.41, 5.74) is 0.972. The first-order valence-electron chi connectivity index (χ1n) is 6.12.